The van der Waals surface area contributed by atoms with Gasteiger partial charge in [0.1, 0.15) is 6.04 Å². The first-order chi connectivity index (χ1) is 12.6. The van der Waals surface area contributed by atoms with E-state index in [1.807, 2.05) is 24.3 Å². The number of piperidine rings is 1. The topological polar surface area (TPSA) is 66.9 Å². The molecule has 2 fully saturated rings. The zero-order valence-electron chi connectivity index (χ0n) is 15.0. The van der Waals surface area contributed by atoms with E-state index >= 15 is 0 Å². The summed E-state index contributed by atoms with van der Waals surface area (Å²) in [5.74, 6) is -0.382. The molecule has 2 saturated heterocycles. The Morgan fingerprint density at radius 3 is 2.54 bits per heavy atom. The molecule has 2 amide bonds. The standard InChI is InChI=1S/C20H24N2O4/c1-26-20(25)17-5-2-3-13-22(17)19(24)12-9-15-7-10-16(11-8-15)21-14-4-6-18(21)23/h7-12,17H,2-6,13-14H2,1H3/b12-9+. The zero-order chi connectivity index (χ0) is 18.5. The van der Waals surface area contributed by atoms with Crippen molar-refractivity contribution in [3.05, 3.63) is 35.9 Å². The summed E-state index contributed by atoms with van der Waals surface area (Å²) in [7, 11) is 1.35. The molecule has 0 N–H and O–H groups in total. The molecule has 1 unspecified atom stereocenters. The summed E-state index contributed by atoms with van der Waals surface area (Å²) >= 11 is 0. The molecule has 138 valence electrons. The quantitative estimate of drug-likeness (QED) is 0.614. The van der Waals surface area contributed by atoms with Crippen molar-refractivity contribution in [1.82, 2.24) is 4.90 Å². The average molecular weight is 356 g/mol. The van der Waals surface area contributed by atoms with Crippen LogP contribution in [0.2, 0.25) is 0 Å². The maximum atomic E-state index is 12.5. The Morgan fingerprint density at radius 1 is 1.12 bits per heavy atom. The van der Waals surface area contributed by atoms with E-state index in [1.165, 1.54) is 13.2 Å². The molecule has 2 heterocycles. The number of anilines is 1. The van der Waals surface area contributed by atoms with Gasteiger partial charge in [-0.15, -0.1) is 0 Å². The number of hydrogen-bond acceptors (Lipinski definition) is 4. The van der Waals surface area contributed by atoms with Gasteiger partial charge < -0.3 is 14.5 Å². The van der Waals surface area contributed by atoms with Crippen LogP contribution < -0.4 is 4.90 Å². The highest BCUT2D eigenvalue weighted by Gasteiger charge is 2.31. The number of benzene rings is 1. The van der Waals surface area contributed by atoms with Crippen molar-refractivity contribution < 1.29 is 19.1 Å². The molecule has 0 spiro atoms. The van der Waals surface area contributed by atoms with Gasteiger partial charge in [0.15, 0.2) is 0 Å². The molecular weight excluding hydrogens is 332 g/mol. The molecule has 0 radical (unpaired) electrons. The third kappa shape index (κ3) is 3.95. The number of likely N-dealkylation sites (tertiary alicyclic amines) is 1. The number of carbonyl (C=O) groups is 3. The fourth-order valence-corrected chi connectivity index (χ4v) is 3.53. The molecule has 1 aromatic rings. The number of esters is 1. The largest absolute Gasteiger partial charge is 0.467 e. The Hall–Kier alpha value is -2.63. The van der Waals surface area contributed by atoms with Crippen LogP contribution in [0.1, 0.15) is 37.7 Å². The van der Waals surface area contributed by atoms with E-state index in [0.29, 0.717) is 19.4 Å². The number of rotatable bonds is 4. The lowest BCUT2D eigenvalue weighted by atomic mass is 10.0. The fraction of sp³-hybridized carbons (Fsp3) is 0.450. The molecule has 6 heteroatoms. The molecule has 0 aromatic heterocycles. The first-order valence-electron chi connectivity index (χ1n) is 9.07. The van der Waals surface area contributed by atoms with E-state index in [-0.39, 0.29) is 17.8 Å². The summed E-state index contributed by atoms with van der Waals surface area (Å²) in [6.07, 6.45) is 7.19. The normalized spacial score (nSPS) is 20.7. The lowest BCUT2D eigenvalue weighted by molar-refractivity contribution is -0.153. The molecule has 1 atom stereocenters. The van der Waals surface area contributed by atoms with E-state index in [2.05, 4.69) is 0 Å². The number of methoxy groups -OCH3 is 1. The third-order valence-corrected chi connectivity index (χ3v) is 4.96. The van der Waals surface area contributed by atoms with Gasteiger partial charge >= 0.3 is 5.97 Å². The highest BCUT2D eigenvalue weighted by atomic mass is 16.5. The summed E-state index contributed by atoms with van der Waals surface area (Å²) in [4.78, 5) is 39.5. The summed E-state index contributed by atoms with van der Waals surface area (Å²) in [6, 6.07) is 7.07. The van der Waals surface area contributed by atoms with Crippen molar-refractivity contribution >= 4 is 29.5 Å². The van der Waals surface area contributed by atoms with Gasteiger partial charge in [-0.1, -0.05) is 12.1 Å². The van der Waals surface area contributed by atoms with Gasteiger partial charge in [0.05, 0.1) is 7.11 Å². The number of amides is 2. The molecule has 6 nitrogen and oxygen atoms in total. The van der Waals surface area contributed by atoms with Crippen LogP contribution in [0.25, 0.3) is 6.08 Å². The molecule has 2 aliphatic heterocycles. The molecule has 1 aromatic carbocycles. The van der Waals surface area contributed by atoms with Crippen molar-refractivity contribution in [2.24, 2.45) is 0 Å². The van der Waals surface area contributed by atoms with Gasteiger partial charge in [-0.3, -0.25) is 9.59 Å². The van der Waals surface area contributed by atoms with Crippen molar-refractivity contribution in [3.8, 4) is 0 Å². The minimum absolute atomic E-state index is 0.155. The van der Waals surface area contributed by atoms with Gasteiger partial charge in [-0.2, -0.15) is 0 Å². The molecule has 0 aliphatic carbocycles. The van der Waals surface area contributed by atoms with Crippen LogP contribution in [0.5, 0.6) is 0 Å². The molecule has 26 heavy (non-hydrogen) atoms. The Morgan fingerprint density at radius 2 is 1.88 bits per heavy atom. The third-order valence-electron chi connectivity index (χ3n) is 4.96. The predicted octanol–water partition coefficient (Wildman–Crippen LogP) is 2.38. The summed E-state index contributed by atoms with van der Waals surface area (Å²) in [5.41, 5.74) is 1.76. The molecule has 2 aliphatic rings. The molecule has 0 bridgehead atoms. The van der Waals surface area contributed by atoms with Crippen molar-refractivity contribution in [1.29, 1.82) is 0 Å². The highest BCUT2D eigenvalue weighted by molar-refractivity contribution is 5.96. The number of nitrogens with zero attached hydrogens (tertiary/aromatic N) is 2. The Bertz CT molecular complexity index is 711. The minimum atomic E-state index is -0.491. The van der Waals surface area contributed by atoms with E-state index in [9.17, 15) is 14.4 Å². The fourth-order valence-electron chi connectivity index (χ4n) is 3.53. The van der Waals surface area contributed by atoms with E-state index < -0.39 is 6.04 Å². The Labute approximate surface area is 153 Å². The van der Waals surface area contributed by atoms with Crippen LogP contribution in [0, 0.1) is 0 Å². The van der Waals surface area contributed by atoms with Gasteiger partial charge in [-0.25, -0.2) is 4.79 Å². The second kappa shape index (κ2) is 8.17. The maximum absolute atomic E-state index is 12.5. The molecular formula is C20H24N2O4. The SMILES string of the molecule is COC(=O)C1CCCCN1C(=O)/C=C/c1ccc(N2CCCC2=O)cc1. The van der Waals surface area contributed by atoms with Crippen LogP contribution >= 0.6 is 0 Å². The number of hydrogen-bond donors (Lipinski definition) is 0. The summed E-state index contributed by atoms with van der Waals surface area (Å²) < 4.78 is 4.81. The van der Waals surface area contributed by atoms with Crippen LogP contribution in [-0.4, -0.2) is 48.9 Å². The number of carbonyl (C=O) groups excluding carboxylic acids is 3. The molecule has 3 rings (SSSR count). The monoisotopic (exact) mass is 356 g/mol. The first kappa shape index (κ1) is 18.2. The van der Waals surface area contributed by atoms with Crippen molar-refractivity contribution in [2.75, 3.05) is 25.1 Å². The predicted molar refractivity (Wildman–Crippen MR) is 98.4 cm³/mol. The van der Waals surface area contributed by atoms with Crippen molar-refractivity contribution in [2.45, 2.75) is 38.1 Å². The second-order valence-corrected chi connectivity index (χ2v) is 6.64. The zero-order valence-corrected chi connectivity index (χ0v) is 15.0. The molecule has 0 saturated carbocycles. The number of ether oxygens (including phenoxy) is 1. The second-order valence-electron chi connectivity index (χ2n) is 6.64. The van der Waals surface area contributed by atoms with Crippen LogP contribution in [0.3, 0.4) is 0 Å². The van der Waals surface area contributed by atoms with Gasteiger partial charge in [0.2, 0.25) is 11.8 Å². The smallest absolute Gasteiger partial charge is 0.328 e. The van der Waals surface area contributed by atoms with Crippen molar-refractivity contribution in [3.63, 3.8) is 0 Å². The first-order valence-corrected chi connectivity index (χ1v) is 9.07. The summed E-state index contributed by atoms with van der Waals surface area (Å²) in [6.45, 7) is 1.33. The van der Waals surface area contributed by atoms with Gasteiger partial charge in [0.25, 0.3) is 0 Å². The maximum Gasteiger partial charge on any atom is 0.328 e. The lowest BCUT2D eigenvalue weighted by Crippen LogP contribution is -2.47. The van der Waals surface area contributed by atoms with E-state index in [0.717, 1.165) is 37.1 Å². The van der Waals surface area contributed by atoms with Crippen LogP contribution in [-0.2, 0) is 19.1 Å². The minimum Gasteiger partial charge on any atom is -0.467 e. The van der Waals surface area contributed by atoms with Gasteiger partial charge in [-0.05, 0) is 49.5 Å². The van der Waals surface area contributed by atoms with E-state index in [1.54, 1.807) is 15.9 Å². The van der Waals surface area contributed by atoms with Crippen LogP contribution in [0.15, 0.2) is 30.3 Å². The lowest BCUT2D eigenvalue weighted by Gasteiger charge is -2.32. The highest BCUT2D eigenvalue weighted by Crippen LogP contribution is 2.22. The van der Waals surface area contributed by atoms with Crippen LogP contribution in [0.4, 0.5) is 5.69 Å². The van der Waals surface area contributed by atoms with E-state index in [4.69, 9.17) is 4.74 Å². The van der Waals surface area contributed by atoms with Gasteiger partial charge in [0, 0.05) is 31.3 Å². The summed E-state index contributed by atoms with van der Waals surface area (Å²) in [5, 5.41) is 0. The Balaban J connectivity index is 1.65. The average Bonchev–Trinajstić information content (AvgIpc) is 3.11. The Kier molecular flexibility index (Phi) is 5.71.